The van der Waals surface area contributed by atoms with Crippen LogP contribution >= 0.6 is 0 Å². The van der Waals surface area contributed by atoms with E-state index in [1.807, 2.05) is 53.7 Å². The molecule has 0 aliphatic carbocycles. The average molecular weight is 218 g/mol. The van der Waals surface area contributed by atoms with Crippen LogP contribution in [0.4, 0.5) is 0 Å². The molecule has 1 aromatic heterocycles. The molecule has 3 heteroatoms. The van der Waals surface area contributed by atoms with E-state index in [9.17, 15) is 5.11 Å². The van der Waals surface area contributed by atoms with Crippen molar-refractivity contribution in [3.8, 4) is 0 Å². The number of pyridine rings is 1. The number of hydrogen-bond donors (Lipinski definition) is 1. The lowest BCUT2D eigenvalue weighted by atomic mass is 9.45. The van der Waals surface area contributed by atoms with Crippen LogP contribution in [0.3, 0.4) is 0 Å². The van der Waals surface area contributed by atoms with Crippen molar-refractivity contribution in [3.05, 3.63) is 23.5 Å². The molecule has 1 heterocycles. The molecule has 1 radical (unpaired) electrons. The Morgan fingerprint density at radius 1 is 1.06 bits per heavy atom. The first-order valence-corrected chi connectivity index (χ1v) is 5.65. The third-order valence-electron chi connectivity index (χ3n) is 3.21. The SMILES string of the molecule is Cc1cc([B]C(C)(C)C(C)(C)O)cc(C)n1. The largest absolute Gasteiger partial charge is 0.391 e. The van der Waals surface area contributed by atoms with Crippen LogP contribution in [0.5, 0.6) is 0 Å². The number of rotatable bonds is 3. The maximum atomic E-state index is 10.1. The molecule has 0 aromatic carbocycles. The fourth-order valence-electron chi connectivity index (χ4n) is 1.54. The van der Waals surface area contributed by atoms with Gasteiger partial charge in [0.25, 0.3) is 0 Å². The molecule has 0 bridgehead atoms. The lowest BCUT2D eigenvalue weighted by Gasteiger charge is -2.37. The van der Waals surface area contributed by atoms with E-state index in [1.54, 1.807) is 0 Å². The molecule has 0 saturated heterocycles. The standard InChI is InChI=1S/C13H21BNO/c1-9-7-11(8-10(2)15-9)14-12(3,4)13(5,6)16/h7-8,16H,1-6H3. The Morgan fingerprint density at radius 3 is 1.88 bits per heavy atom. The van der Waals surface area contributed by atoms with E-state index in [4.69, 9.17) is 0 Å². The molecule has 2 nitrogen and oxygen atoms in total. The second-order valence-corrected chi connectivity index (χ2v) is 5.61. The van der Waals surface area contributed by atoms with E-state index in [0.717, 1.165) is 16.9 Å². The second-order valence-electron chi connectivity index (χ2n) is 5.61. The summed E-state index contributed by atoms with van der Waals surface area (Å²) in [5.41, 5.74) is 2.41. The topological polar surface area (TPSA) is 33.1 Å². The van der Waals surface area contributed by atoms with Crippen molar-refractivity contribution in [3.63, 3.8) is 0 Å². The number of hydrogen-bond acceptors (Lipinski definition) is 2. The van der Waals surface area contributed by atoms with Gasteiger partial charge in [0.2, 0.25) is 0 Å². The quantitative estimate of drug-likeness (QED) is 0.787. The summed E-state index contributed by atoms with van der Waals surface area (Å²) in [6, 6.07) is 4.08. The molecule has 87 valence electrons. The number of aryl methyl sites for hydroxylation is 2. The zero-order valence-electron chi connectivity index (χ0n) is 11.1. The summed E-state index contributed by atoms with van der Waals surface area (Å²) in [6.07, 6.45) is 0. The van der Waals surface area contributed by atoms with Crippen LogP contribution in [0.2, 0.25) is 5.31 Å². The average Bonchev–Trinajstić information content (AvgIpc) is 1.97. The van der Waals surface area contributed by atoms with E-state index in [1.165, 1.54) is 0 Å². The van der Waals surface area contributed by atoms with Crippen LogP contribution in [-0.4, -0.2) is 23.0 Å². The molecule has 0 aliphatic heterocycles. The summed E-state index contributed by atoms with van der Waals surface area (Å²) in [4.78, 5) is 4.34. The Labute approximate surface area is 99.4 Å². The first-order chi connectivity index (χ1) is 7.12. The van der Waals surface area contributed by atoms with Crippen molar-refractivity contribution in [2.75, 3.05) is 0 Å². The Hall–Kier alpha value is -0.825. The number of nitrogens with zero attached hydrogens (tertiary/aromatic N) is 1. The van der Waals surface area contributed by atoms with Gasteiger partial charge in [0.1, 0.15) is 0 Å². The molecule has 0 aliphatic rings. The van der Waals surface area contributed by atoms with Crippen LogP contribution < -0.4 is 5.46 Å². The molecule has 0 amide bonds. The van der Waals surface area contributed by atoms with Gasteiger partial charge in [0.05, 0.1) is 5.60 Å². The van der Waals surface area contributed by atoms with Gasteiger partial charge < -0.3 is 5.11 Å². The van der Waals surface area contributed by atoms with E-state index < -0.39 is 5.60 Å². The maximum Gasteiger partial charge on any atom is 0.162 e. The molecule has 0 atom stereocenters. The van der Waals surface area contributed by atoms with Gasteiger partial charge >= 0.3 is 0 Å². The van der Waals surface area contributed by atoms with Gasteiger partial charge in [0, 0.05) is 11.4 Å². The van der Waals surface area contributed by atoms with Crippen molar-refractivity contribution in [1.82, 2.24) is 4.98 Å². The highest BCUT2D eigenvalue weighted by atomic mass is 16.3. The second kappa shape index (κ2) is 4.21. The van der Waals surface area contributed by atoms with Crippen LogP contribution in [-0.2, 0) is 0 Å². The molecular weight excluding hydrogens is 197 g/mol. The summed E-state index contributed by atoms with van der Waals surface area (Å²) in [7, 11) is 2.11. The minimum atomic E-state index is -0.738. The zero-order chi connectivity index (χ0) is 12.6. The molecule has 0 unspecified atom stereocenters. The zero-order valence-corrected chi connectivity index (χ0v) is 11.1. The maximum absolute atomic E-state index is 10.1. The normalized spacial score (nSPS) is 12.7. The van der Waals surface area contributed by atoms with Crippen molar-refractivity contribution >= 4 is 12.7 Å². The van der Waals surface area contributed by atoms with Gasteiger partial charge in [0.15, 0.2) is 7.28 Å². The summed E-state index contributed by atoms with van der Waals surface area (Å²) in [5, 5.41) is 9.83. The Balaban J connectivity index is 2.96. The Morgan fingerprint density at radius 2 is 1.50 bits per heavy atom. The van der Waals surface area contributed by atoms with Gasteiger partial charge in [-0.05, 0) is 45.1 Å². The van der Waals surface area contributed by atoms with E-state index >= 15 is 0 Å². The van der Waals surface area contributed by atoms with Crippen LogP contribution in [0.1, 0.15) is 39.1 Å². The van der Waals surface area contributed by atoms with E-state index in [-0.39, 0.29) is 5.31 Å². The first kappa shape index (κ1) is 13.2. The van der Waals surface area contributed by atoms with Gasteiger partial charge in [-0.1, -0.05) is 19.3 Å². The number of aliphatic hydroxyl groups is 1. The highest BCUT2D eigenvalue weighted by Gasteiger charge is 2.35. The van der Waals surface area contributed by atoms with Crippen molar-refractivity contribution in [2.24, 2.45) is 0 Å². The van der Waals surface area contributed by atoms with Gasteiger partial charge in [-0.15, -0.1) is 0 Å². The highest BCUT2D eigenvalue weighted by Crippen LogP contribution is 2.36. The molecule has 0 fully saturated rings. The predicted molar refractivity (Wildman–Crippen MR) is 69.4 cm³/mol. The minimum absolute atomic E-state index is 0.271. The van der Waals surface area contributed by atoms with Crippen LogP contribution in [0.25, 0.3) is 0 Å². The fraction of sp³-hybridized carbons (Fsp3) is 0.615. The lowest BCUT2D eigenvalue weighted by Crippen LogP contribution is -2.42. The predicted octanol–water partition coefficient (Wildman–Crippen LogP) is 2.00. The van der Waals surface area contributed by atoms with Gasteiger partial charge in [-0.2, -0.15) is 0 Å². The van der Waals surface area contributed by atoms with Crippen LogP contribution in [0, 0.1) is 13.8 Å². The molecule has 0 spiro atoms. The number of aromatic nitrogens is 1. The minimum Gasteiger partial charge on any atom is -0.391 e. The Kier molecular flexibility index (Phi) is 3.48. The van der Waals surface area contributed by atoms with Crippen molar-refractivity contribution in [2.45, 2.75) is 52.5 Å². The fourth-order valence-corrected chi connectivity index (χ4v) is 1.54. The summed E-state index contributed by atoms with van der Waals surface area (Å²) in [6.45, 7) is 11.7. The first-order valence-electron chi connectivity index (χ1n) is 5.65. The summed E-state index contributed by atoms with van der Waals surface area (Å²) < 4.78 is 0. The van der Waals surface area contributed by atoms with E-state index in [2.05, 4.69) is 12.3 Å². The van der Waals surface area contributed by atoms with Gasteiger partial charge in [-0.3, -0.25) is 4.98 Å². The molecule has 16 heavy (non-hydrogen) atoms. The molecule has 1 rings (SSSR count). The molecule has 1 N–H and O–H groups in total. The van der Waals surface area contributed by atoms with Crippen molar-refractivity contribution in [1.29, 1.82) is 0 Å². The third-order valence-corrected chi connectivity index (χ3v) is 3.21. The highest BCUT2D eigenvalue weighted by molar-refractivity contribution is 6.57. The summed E-state index contributed by atoms with van der Waals surface area (Å²) >= 11 is 0. The van der Waals surface area contributed by atoms with Crippen LogP contribution in [0.15, 0.2) is 12.1 Å². The van der Waals surface area contributed by atoms with Gasteiger partial charge in [-0.25, -0.2) is 0 Å². The third kappa shape index (κ3) is 3.08. The lowest BCUT2D eigenvalue weighted by molar-refractivity contribution is 0.0410. The summed E-state index contributed by atoms with van der Waals surface area (Å²) in [5.74, 6) is 0. The molecular formula is C13H21BNO. The molecule has 1 aromatic rings. The smallest absolute Gasteiger partial charge is 0.162 e. The Bertz CT molecular complexity index is 360. The van der Waals surface area contributed by atoms with E-state index in [0.29, 0.717) is 0 Å². The van der Waals surface area contributed by atoms with Crippen molar-refractivity contribution < 1.29 is 5.11 Å². The monoisotopic (exact) mass is 218 g/mol. The molecule has 0 saturated carbocycles.